The van der Waals surface area contributed by atoms with Crippen molar-refractivity contribution in [3.05, 3.63) is 71.3 Å². The van der Waals surface area contributed by atoms with Gasteiger partial charge in [-0.2, -0.15) is 0 Å². The van der Waals surface area contributed by atoms with Crippen molar-refractivity contribution >= 4 is 5.91 Å². The molecule has 104 valence electrons. The van der Waals surface area contributed by atoms with Gasteiger partial charge in [-0.25, -0.2) is 8.78 Å². The third kappa shape index (κ3) is 3.88. The summed E-state index contributed by atoms with van der Waals surface area (Å²) in [6.45, 7) is 2.27. The van der Waals surface area contributed by atoms with Gasteiger partial charge in [0.15, 0.2) is 0 Å². The molecule has 2 aromatic carbocycles. The zero-order valence-electron chi connectivity index (χ0n) is 11.1. The molecule has 0 radical (unpaired) electrons. The van der Waals surface area contributed by atoms with Crippen molar-refractivity contribution in [3.8, 4) is 0 Å². The van der Waals surface area contributed by atoms with Crippen molar-refractivity contribution in [1.29, 1.82) is 0 Å². The Bertz CT molecular complexity index is 531. The number of amides is 1. The predicted octanol–water partition coefficient (Wildman–Crippen LogP) is 3.51. The average molecular weight is 275 g/mol. The van der Waals surface area contributed by atoms with Crippen molar-refractivity contribution in [2.75, 3.05) is 0 Å². The molecule has 0 unspecified atom stereocenters. The summed E-state index contributed by atoms with van der Waals surface area (Å²) in [5.74, 6) is -0.693. The Morgan fingerprint density at radius 3 is 1.50 bits per heavy atom. The van der Waals surface area contributed by atoms with Gasteiger partial charge >= 0.3 is 0 Å². The third-order valence-corrected chi connectivity index (χ3v) is 3.02. The molecule has 4 heteroatoms. The molecule has 20 heavy (non-hydrogen) atoms. The minimum atomic E-state index is -0.304. The minimum Gasteiger partial charge on any atom is -0.334 e. The topological polar surface area (TPSA) is 20.3 Å². The first-order valence-electron chi connectivity index (χ1n) is 6.29. The van der Waals surface area contributed by atoms with Crippen molar-refractivity contribution < 1.29 is 13.6 Å². The summed E-state index contributed by atoms with van der Waals surface area (Å²) in [6.07, 6.45) is 0. The Balaban J connectivity index is 2.09. The first-order valence-corrected chi connectivity index (χ1v) is 6.29. The van der Waals surface area contributed by atoms with Crippen molar-refractivity contribution in [3.63, 3.8) is 0 Å². The number of carbonyl (C=O) groups is 1. The summed E-state index contributed by atoms with van der Waals surface area (Å²) in [5, 5.41) is 0. The van der Waals surface area contributed by atoms with Crippen molar-refractivity contribution in [1.82, 2.24) is 4.90 Å². The standard InChI is InChI=1S/C16H15F2NO/c1-12(20)19(10-13-2-6-15(17)7-3-13)11-14-4-8-16(18)9-5-14/h2-9H,10-11H2,1H3. The molecule has 0 fully saturated rings. The Morgan fingerprint density at radius 1 is 0.850 bits per heavy atom. The lowest BCUT2D eigenvalue weighted by molar-refractivity contribution is -0.130. The Hall–Kier alpha value is -2.23. The van der Waals surface area contributed by atoms with Crippen LogP contribution < -0.4 is 0 Å². The second-order valence-corrected chi connectivity index (χ2v) is 4.63. The van der Waals surface area contributed by atoms with Gasteiger partial charge in [0.2, 0.25) is 5.91 Å². The Labute approximate surface area is 116 Å². The van der Waals surface area contributed by atoms with Crippen LogP contribution in [0.15, 0.2) is 48.5 Å². The van der Waals surface area contributed by atoms with Gasteiger partial charge in [-0.1, -0.05) is 24.3 Å². The highest BCUT2D eigenvalue weighted by molar-refractivity contribution is 5.73. The number of hydrogen-bond donors (Lipinski definition) is 0. The summed E-state index contributed by atoms with van der Waals surface area (Å²) in [4.78, 5) is 13.3. The first-order chi connectivity index (χ1) is 9.54. The molecule has 0 N–H and O–H groups in total. The van der Waals surface area contributed by atoms with Crippen LogP contribution in [0.4, 0.5) is 8.78 Å². The molecule has 0 bridgehead atoms. The Morgan fingerprint density at radius 2 is 1.20 bits per heavy atom. The predicted molar refractivity (Wildman–Crippen MR) is 72.7 cm³/mol. The van der Waals surface area contributed by atoms with Crippen LogP contribution in [0.25, 0.3) is 0 Å². The number of carbonyl (C=O) groups excluding carboxylic acids is 1. The summed E-state index contributed by atoms with van der Waals surface area (Å²) >= 11 is 0. The maximum absolute atomic E-state index is 12.9. The lowest BCUT2D eigenvalue weighted by Crippen LogP contribution is -2.27. The molecule has 1 amide bonds. The molecule has 0 aliphatic rings. The molecule has 0 aliphatic carbocycles. The molecule has 0 spiro atoms. The van der Waals surface area contributed by atoms with Gasteiger partial charge in [-0.3, -0.25) is 4.79 Å². The second kappa shape index (κ2) is 6.28. The van der Waals surface area contributed by atoms with Crippen LogP contribution in [0.5, 0.6) is 0 Å². The van der Waals surface area contributed by atoms with Gasteiger partial charge in [0.05, 0.1) is 0 Å². The van der Waals surface area contributed by atoms with Gasteiger partial charge in [0, 0.05) is 20.0 Å². The molecule has 0 saturated carbocycles. The number of hydrogen-bond acceptors (Lipinski definition) is 1. The fraction of sp³-hybridized carbons (Fsp3) is 0.188. The molecule has 0 atom stereocenters. The zero-order chi connectivity index (χ0) is 14.5. The summed E-state index contributed by atoms with van der Waals surface area (Å²) < 4.78 is 25.7. The van der Waals surface area contributed by atoms with Gasteiger partial charge < -0.3 is 4.90 Å². The van der Waals surface area contributed by atoms with Crippen molar-refractivity contribution in [2.45, 2.75) is 20.0 Å². The monoisotopic (exact) mass is 275 g/mol. The highest BCUT2D eigenvalue weighted by atomic mass is 19.1. The summed E-state index contributed by atoms with van der Waals surface area (Å²) in [5.41, 5.74) is 1.70. The fourth-order valence-electron chi connectivity index (χ4n) is 1.90. The zero-order valence-corrected chi connectivity index (χ0v) is 11.1. The molecular formula is C16H15F2NO. The van der Waals surface area contributed by atoms with Gasteiger partial charge in [-0.15, -0.1) is 0 Å². The fourth-order valence-corrected chi connectivity index (χ4v) is 1.90. The van der Waals surface area contributed by atoms with E-state index in [0.29, 0.717) is 13.1 Å². The van der Waals surface area contributed by atoms with E-state index in [2.05, 4.69) is 0 Å². The van der Waals surface area contributed by atoms with Gasteiger partial charge in [0.25, 0.3) is 0 Å². The molecule has 2 rings (SSSR count). The van der Waals surface area contributed by atoms with Crippen LogP contribution in [0.2, 0.25) is 0 Å². The van der Waals surface area contributed by atoms with Crippen LogP contribution in [0, 0.1) is 11.6 Å². The number of rotatable bonds is 4. The molecule has 0 saturated heterocycles. The lowest BCUT2D eigenvalue weighted by Gasteiger charge is -2.21. The Kier molecular flexibility index (Phi) is 4.45. The van der Waals surface area contributed by atoms with Crippen LogP contribution in [-0.4, -0.2) is 10.8 Å². The maximum Gasteiger partial charge on any atom is 0.220 e. The number of halogens is 2. The molecule has 0 aliphatic heterocycles. The quantitative estimate of drug-likeness (QED) is 0.836. The average Bonchev–Trinajstić information content (AvgIpc) is 2.42. The van der Waals surface area contributed by atoms with E-state index in [4.69, 9.17) is 0 Å². The van der Waals surface area contributed by atoms with E-state index >= 15 is 0 Å². The van der Waals surface area contributed by atoms with E-state index in [1.54, 1.807) is 29.2 Å². The van der Waals surface area contributed by atoms with E-state index in [1.807, 2.05) is 0 Å². The normalized spacial score (nSPS) is 10.3. The van der Waals surface area contributed by atoms with E-state index < -0.39 is 0 Å². The van der Waals surface area contributed by atoms with Crippen LogP contribution >= 0.6 is 0 Å². The first kappa shape index (κ1) is 14.2. The molecular weight excluding hydrogens is 260 g/mol. The smallest absolute Gasteiger partial charge is 0.220 e. The third-order valence-electron chi connectivity index (χ3n) is 3.02. The number of benzene rings is 2. The molecule has 0 heterocycles. The van der Waals surface area contributed by atoms with Crippen LogP contribution in [-0.2, 0) is 17.9 Å². The highest BCUT2D eigenvalue weighted by Crippen LogP contribution is 2.12. The lowest BCUT2D eigenvalue weighted by atomic mass is 10.1. The minimum absolute atomic E-state index is 0.0846. The molecule has 0 aromatic heterocycles. The second-order valence-electron chi connectivity index (χ2n) is 4.63. The van der Waals surface area contributed by atoms with Crippen molar-refractivity contribution in [2.24, 2.45) is 0 Å². The van der Waals surface area contributed by atoms with E-state index in [-0.39, 0.29) is 17.5 Å². The SMILES string of the molecule is CC(=O)N(Cc1ccc(F)cc1)Cc1ccc(F)cc1. The molecule has 2 nitrogen and oxygen atoms in total. The maximum atomic E-state index is 12.9. The molecule has 2 aromatic rings. The summed E-state index contributed by atoms with van der Waals surface area (Å²) in [7, 11) is 0. The largest absolute Gasteiger partial charge is 0.334 e. The van der Waals surface area contributed by atoms with Crippen LogP contribution in [0.1, 0.15) is 18.1 Å². The van der Waals surface area contributed by atoms with E-state index in [1.165, 1.54) is 31.2 Å². The van der Waals surface area contributed by atoms with Gasteiger partial charge in [-0.05, 0) is 35.4 Å². The van der Waals surface area contributed by atoms with E-state index in [9.17, 15) is 13.6 Å². The van der Waals surface area contributed by atoms with Gasteiger partial charge in [0.1, 0.15) is 11.6 Å². The summed E-state index contributed by atoms with van der Waals surface area (Å²) in [6, 6.07) is 12.1. The highest BCUT2D eigenvalue weighted by Gasteiger charge is 2.10. The van der Waals surface area contributed by atoms with Crippen LogP contribution in [0.3, 0.4) is 0 Å². The van der Waals surface area contributed by atoms with E-state index in [0.717, 1.165) is 11.1 Å². The number of nitrogens with zero attached hydrogens (tertiary/aromatic N) is 1.